The number of hydrogen-bond acceptors (Lipinski definition) is 3. The van der Waals surface area contributed by atoms with E-state index in [9.17, 15) is 5.11 Å². The predicted octanol–water partition coefficient (Wildman–Crippen LogP) is 3.02. The summed E-state index contributed by atoms with van der Waals surface area (Å²) in [6.07, 6.45) is 4.46. The molecule has 1 aromatic heterocycles. The van der Waals surface area contributed by atoms with Crippen LogP contribution in [0, 0.1) is 6.92 Å². The molecule has 1 heterocycles. The highest BCUT2D eigenvalue weighted by atomic mass is 16.5. The monoisotopic (exact) mass is 237 g/mol. The molecule has 0 radical (unpaired) electrons. The van der Waals surface area contributed by atoms with Gasteiger partial charge in [-0.15, -0.1) is 0 Å². The van der Waals surface area contributed by atoms with Gasteiger partial charge in [-0.1, -0.05) is 19.9 Å². The van der Waals surface area contributed by atoms with Crippen molar-refractivity contribution in [1.82, 2.24) is 4.98 Å². The summed E-state index contributed by atoms with van der Waals surface area (Å²) in [6.45, 7) is 8.64. The molecule has 0 saturated carbocycles. The summed E-state index contributed by atoms with van der Waals surface area (Å²) in [5.41, 5.74) is 1.39. The molecule has 0 saturated heterocycles. The minimum Gasteiger partial charge on any atom is -0.385 e. The van der Waals surface area contributed by atoms with Crippen LogP contribution in [0.1, 0.15) is 50.8 Å². The standard InChI is InChI=1S/C14H23NO2/c1-5-14(6-2,17-7-3)13(16)12-8-11(4)9-15-10-12/h8-10,13,16H,5-7H2,1-4H3. The van der Waals surface area contributed by atoms with Crippen LogP contribution in [0.4, 0.5) is 0 Å². The molecule has 0 aromatic carbocycles. The first kappa shape index (κ1) is 14.1. The SMILES string of the molecule is CCOC(CC)(CC)C(O)c1cncc(C)c1. The van der Waals surface area contributed by atoms with Gasteiger partial charge < -0.3 is 9.84 Å². The molecule has 17 heavy (non-hydrogen) atoms. The Bertz CT molecular complexity index is 348. The van der Waals surface area contributed by atoms with E-state index in [4.69, 9.17) is 4.74 Å². The highest BCUT2D eigenvalue weighted by Gasteiger charge is 2.36. The highest BCUT2D eigenvalue weighted by molar-refractivity contribution is 5.21. The Morgan fingerprint density at radius 2 is 1.94 bits per heavy atom. The fourth-order valence-electron chi connectivity index (χ4n) is 2.24. The molecule has 1 N–H and O–H groups in total. The van der Waals surface area contributed by atoms with Gasteiger partial charge in [-0.25, -0.2) is 0 Å². The number of pyridine rings is 1. The molecule has 0 spiro atoms. The molecule has 0 fully saturated rings. The number of ether oxygens (including phenoxy) is 1. The van der Waals surface area contributed by atoms with E-state index in [1.165, 1.54) is 0 Å². The van der Waals surface area contributed by atoms with E-state index in [1.54, 1.807) is 12.4 Å². The summed E-state index contributed by atoms with van der Waals surface area (Å²) in [7, 11) is 0. The van der Waals surface area contributed by atoms with Crippen molar-refractivity contribution < 1.29 is 9.84 Å². The molecule has 0 aliphatic rings. The van der Waals surface area contributed by atoms with Crippen molar-refractivity contribution >= 4 is 0 Å². The molecule has 1 unspecified atom stereocenters. The minimum atomic E-state index is -0.621. The topological polar surface area (TPSA) is 42.4 Å². The van der Waals surface area contributed by atoms with E-state index in [0.29, 0.717) is 6.61 Å². The zero-order valence-electron chi connectivity index (χ0n) is 11.2. The number of aryl methyl sites for hydroxylation is 1. The second-order valence-corrected chi connectivity index (χ2v) is 4.40. The van der Waals surface area contributed by atoms with E-state index in [2.05, 4.69) is 4.98 Å². The number of hydrogen-bond donors (Lipinski definition) is 1. The van der Waals surface area contributed by atoms with Crippen molar-refractivity contribution in [3.63, 3.8) is 0 Å². The average molecular weight is 237 g/mol. The lowest BCUT2D eigenvalue weighted by Gasteiger charge is -2.36. The Kier molecular flexibility index (Phi) is 5.09. The summed E-state index contributed by atoms with van der Waals surface area (Å²) in [6, 6.07) is 1.97. The lowest BCUT2D eigenvalue weighted by molar-refractivity contribution is -0.127. The van der Waals surface area contributed by atoms with Crippen molar-refractivity contribution in [3.05, 3.63) is 29.6 Å². The van der Waals surface area contributed by atoms with Gasteiger partial charge in [0.05, 0.1) is 5.60 Å². The van der Waals surface area contributed by atoms with Gasteiger partial charge in [0.1, 0.15) is 6.10 Å². The Morgan fingerprint density at radius 1 is 1.29 bits per heavy atom. The lowest BCUT2D eigenvalue weighted by Crippen LogP contribution is -2.38. The largest absolute Gasteiger partial charge is 0.385 e. The van der Waals surface area contributed by atoms with Crippen LogP contribution in [0.15, 0.2) is 18.5 Å². The number of aliphatic hydroxyl groups is 1. The molecule has 0 aliphatic carbocycles. The molecular formula is C14H23NO2. The molecule has 96 valence electrons. The van der Waals surface area contributed by atoms with E-state index < -0.39 is 11.7 Å². The molecular weight excluding hydrogens is 214 g/mol. The third-order valence-electron chi connectivity index (χ3n) is 3.34. The van der Waals surface area contributed by atoms with Crippen molar-refractivity contribution in [1.29, 1.82) is 0 Å². The van der Waals surface area contributed by atoms with Gasteiger partial charge in [0.2, 0.25) is 0 Å². The first-order valence-corrected chi connectivity index (χ1v) is 6.33. The number of aliphatic hydroxyl groups excluding tert-OH is 1. The summed E-state index contributed by atoms with van der Waals surface area (Å²) in [5, 5.41) is 10.5. The average Bonchev–Trinajstić information content (AvgIpc) is 2.35. The molecule has 3 heteroatoms. The quantitative estimate of drug-likeness (QED) is 0.827. The van der Waals surface area contributed by atoms with Gasteiger partial charge in [-0.2, -0.15) is 0 Å². The third-order valence-corrected chi connectivity index (χ3v) is 3.34. The summed E-state index contributed by atoms with van der Waals surface area (Å²) < 4.78 is 5.81. The van der Waals surface area contributed by atoms with Crippen LogP contribution in [0.2, 0.25) is 0 Å². The Hall–Kier alpha value is -0.930. The third kappa shape index (κ3) is 3.05. The molecule has 0 amide bonds. The van der Waals surface area contributed by atoms with Crippen LogP contribution >= 0.6 is 0 Å². The van der Waals surface area contributed by atoms with Gasteiger partial charge in [0, 0.05) is 24.6 Å². The molecule has 1 aromatic rings. The number of rotatable bonds is 6. The fourth-order valence-corrected chi connectivity index (χ4v) is 2.24. The first-order valence-electron chi connectivity index (χ1n) is 6.33. The van der Waals surface area contributed by atoms with Crippen LogP contribution in [0.3, 0.4) is 0 Å². The van der Waals surface area contributed by atoms with Crippen LogP contribution in [-0.4, -0.2) is 22.3 Å². The van der Waals surface area contributed by atoms with Gasteiger partial charge in [0.25, 0.3) is 0 Å². The van der Waals surface area contributed by atoms with Crippen molar-refractivity contribution in [2.24, 2.45) is 0 Å². The second kappa shape index (κ2) is 6.12. The number of nitrogens with zero attached hydrogens (tertiary/aromatic N) is 1. The van der Waals surface area contributed by atoms with Gasteiger partial charge >= 0.3 is 0 Å². The van der Waals surface area contributed by atoms with Gasteiger partial charge in [-0.3, -0.25) is 4.98 Å². The van der Waals surface area contributed by atoms with E-state index in [1.807, 2.05) is 33.8 Å². The second-order valence-electron chi connectivity index (χ2n) is 4.40. The summed E-state index contributed by atoms with van der Waals surface area (Å²) in [5.74, 6) is 0. The van der Waals surface area contributed by atoms with Crippen molar-refractivity contribution in [3.8, 4) is 0 Å². The maximum absolute atomic E-state index is 10.5. The summed E-state index contributed by atoms with van der Waals surface area (Å²) >= 11 is 0. The lowest BCUT2D eigenvalue weighted by atomic mass is 9.86. The van der Waals surface area contributed by atoms with Crippen LogP contribution in [0.25, 0.3) is 0 Å². The van der Waals surface area contributed by atoms with Crippen LogP contribution < -0.4 is 0 Å². The van der Waals surface area contributed by atoms with Crippen LogP contribution in [0.5, 0.6) is 0 Å². The normalized spacial score (nSPS) is 13.7. The Morgan fingerprint density at radius 3 is 2.41 bits per heavy atom. The first-order chi connectivity index (χ1) is 8.09. The molecule has 0 aliphatic heterocycles. The Labute approximate surface area is 104 Å². The van der Waals surface area contributed by atoms with Crippen molar-refractivity contribution in [2.75, 3.05) is 6.61 Å². The van der Waals surface area contributed by atoms with Gasteiger partial charge in [-0.05, 0) is 32.3 Å². The number of aromatic nitrogens is 1. The van der Waals surface area contributed by atoms with Crippen LogP contribution in [-0.2, 0) is 4.74 Å². The fraction of sp³-hybridized carbons (Fsp3) is 0.643. The van der Waals surface area contributed by atoms with Gasteiger partial charge in [0.15, 0.2) is 0 Å². The molecule has 1 atom stereocenters. The minimum absolute atomic E-state index is 0.496. The van der Waals surface area contributed by atoms with E-state index in [-0.39, 0.29) is 0 Å². The summed E-state index contributed by atoms with van der Waals surface area (Å²) in [4.78, 5) is 4.13. The zero-order valence-corrected chi connectivity index (χ0v) is 11.2. The predicted molar refractivity (Wildman–Crippen MR) is 68.9 cm³/mol. The Balaban J connectivity index is 3.02. The maximum Gasteiger partial charge on any atom is 0.109 e. The zero-order chi connectivity index (χ0) is 12.9. The highest BCUT2D eigenvalue weighted by Crippen LogP contribution is 2.35. The maximum atomic E-state index is 10.5. The smallest absolute Gasteiger partial charge is 0.109 e. The molecule has 1 rings (SSSR count). The molecule has 3 nitrogen and oxygen atoms in total. The molecule has 0 bridgehead atoms. The van der Waals surface area contributed by atoms with E-state index in [0.717, 1.165) is 24.0 Å². The van der Waals surface area contributed by atoms with E-state index >= 15 is 0 Å². The van der Waals surface area contributed by atoms with Crippen molar-refractivity contribution in [2.45, 2.75) is 52.2 Å².